The zero-order chi connectivity index (χ0) is 18.4. The molecule has 6 nitrogen and oxygen atoms in total. The summed E-state index contributed by atoms with van der Waals surface area (Å²) < 4.78 is 5.12. The lowest BCUT2D eigenvalue weighted by Gasteiger charge is -2.13. The van der Waals surface area contributed by atoms with Crippen LogP contribution in [-0.4, -0.2) is 18.5 Å². The van der Waals surface area contributed by atoms with Gasteiger partial charge in [-0.1, -0.05) is 42.5 Å². The highest BCUT2D eigenvalue weighted by Gasteiger charge is 2.15. The smallest absolute Gasteiger partial charge is 0.321 e. The first-order valence-corrected chi connectivity index (χ1v) is 8.54. The van der Waals surface area contributed by atoms with Crippen molar-refractivity contribution in [1.29, 1.82) is 0 Å². The van der Waals surface area contributed by atoms with Crippen LogP contribution in [0.25, 0.3) is 10.8 Å². The van der Waals surface area contributed by atoms with Crippen molar-refractivity contribution >= 4 is 22.7 Å². The van der Waals surface area contributed by atoms with Gasteiger partial charge in [0.15, 0.2) is 6.54 Å². The quantitative estimate of drug-likeness (QED) is 0.635. The Hall–Kier alpha value is -3.12. The molecule has 0 aliphatic heterocycles. The fourth-order valence-corrected chi connectivity index (χ4v) is 2.86. The Bertz CT molecular complexity index is 885. The van der Waals surface area contributed by atoms with Crippen LogP contribution in [0.5, 0.6) is 0 Å². The number of amides is 3. The largest absolute Gasteiger partial charge is 0.467 e. The molecular formula is C20H22N3O3+. The van der Waals surface area contributed by atoms with E-state index in [0.717, 1.165) is 5.56 Å². The molecule has 0 fully saturated rings. The number of urea groups is 1. The lowest BCUT2D eigenvalue weighted by atomic mass is 10.00. The SMILES string of the molecule is C[C@H]([NH2+]CC(=O)NC(=O)NCc1ccco1)c1cccc2ccccc12. The average molecular weight is 352 g/mol. The number of hydrogen-bond donors (Lipinski definition) is 3. The highest BCUT2D eigenvalue weighted by molar-refractivity contribution is 5.94. The summed E-state index contributed by atoms with van der Waals surface area (Å²) in [6, 6.07) is 17.4. The summed E-state index contributed by atoms with van der Waals surface area (Å²) in [6.45, 7) is 2.45. The molecule has 6 heteroatoms. The molecule has 0 radical (unpaired) electrons. The van der Waals surface area contributed by atoms with E-state index in [2.05, 4.69) is 34.9 Å². The summed E-state index contributed by atoms with van der Waals surface area (Å²) in [5, 5.41) is 9.17. The Morgan fingerprint density at radius 1 is 1.08 bits per heavy atom. The molecule has 1 atom stereocenters. The first kappa shape index (κ1) is 17.7. The van der Waals surface area contributed by atoms with Gasteiger partial charge >= 0.3 is 6.03 Å². The van der Waals surface area contributed by atoms with Gasteiger partial charge in [-0.15, -0.1) is 0 Å². The maximum absolute atomic E-state index is 12.0. The van der Waals surface area contributed by atoms with Crippen molar-refractivity contribution in [3.05, 3.63) is 72.2 Å². The van der Waals surface area contributed by atoms with Crippen molar-refractivity contribution in [3.8, 4) is 0 Å². The second-order valence-electron chi connectivity index (χ2n) is 6.11. The van der Waals surface area contributed by atoms with E-state index in [-0.39, 0.29) is 25.0 Å². The normalized spacial score (nSPS) is 11.9. The van der Waals surface area contributed by atoms with Gasteiger partial charge in [0.2, 0.25) is 0 Å². The van der Waals surface area contributed by atoms with Crippen LogP contribution >= 0.6 is 0 Å². The Morgan fingerprint density at radius 2 is 1.88 bits per heavy atom. The van der Waals surface area contributed by atoms with Gasteiger partial charge < -0.3 is 15.1 Å². The molecule has 0 saturated heterocycles. The summed E-state index contributed by atoms with van der Waals surface area (Å²) in [6.07, 6.45) is 1.53. The van der Waals surface area contributed by atoms with E-state index in [1.54, 1.807) is 12.1 Å². The first-order chi connectivity index (χ1) is 12.6. The fourth-order valence-electron chi connectivity index (χ4n) is 2.86. The van der Waals surface area contributed by atoms with E-state index in [9.17, 15) is 9.59 Å². The number of fused-ring (bicyclic) bond motifs is 1. The lowest BCUT2D eigenvalue weighted by molar-refractivity contribution is -0.682. The highest BCUT2D eigenvalue weighted by Crippen LogP contribution is 2.21. The molecule has 1 aromatic heterocycles. The van der Waals surface area contributed by atoms with E-state index in [4.69, 9.17) is 4.42 Å². The van der Waals surface area contributed by atoms with Crippen molar-refractivity contribution in [2.75, 3.05) is 6.54 Å². The van der Waals surface area contributed by atoms with Crippen LogP contribution in [-0.2, 0) is 11.3 Å². The van der Waals surface area contributed by atoms with Gasteiger partial charge in [-0.05, 0) is 29.8 Å². The molecule has 26 heavy (non-hydrogen) atoms. The third-order valence-electron chi connectivity index (χ3n) is 4.23. The predicted octanol–water partition coefficient (Wildman–Crippen LogP) is 2.08. The van der Waals surface area contributed by atoms with Crippen molar-refractivity contribution in [3.63, 3.8) is 0 Å². The third kappa shape index (κ3) is 4.49. The zero-order valence-corrected chi connectivity index (χ0v) is 14.6. The number of carbonyl (C=O) groups is 2. The molecule has 3 aromatic rings. The van der Waals surface area contributed by atoms with Crippen LogP contribution in [0.4, 0.5) is 4.79 Å². The van der Waals surface area contributed by atoms with Gasteiger partial charge in [-0.25, -0.2) is 4.79 Å². The summed E-state index contributed by atoms with van der Waals surface area (Å²) >= 11 is 0. The van der Waals surface area contributed by atoms with Crippen LogP contribution in [0.3, 0.4) is 0 Å². The molecule has 0 unspecified atom stereocenters. The summed E-state index contributed by atoms with van der Waals surface area (Å²) in [7, 11) is 0. The maximum Gasteiger partial charge on any atom is 0.321 e. The van der Waals surface area contributed by atoms with Gasteiger partial charge in [-0.3, -0.25) is 10.1 Å². The summed E-state index contributed by atoms with van der Waals surface area (Å²) in [5.41, 5.74) is 1.16. The lowest BCUT2D eigenvalue weighted by Crippen LogP contribution is -2.87. The number of furan rings is 1. The van der Waals surface area contributed by atoms with E-state index in [1.165, 1.54) is 17.0 Å². The minimum atomic E-state index is -0.530. The first-order valence-electron chi connectivity index (χ1n) is 8.54. The van der Waals surface area contributed by atoms with E-state index in [1.807, 2.05) is 30.4 Å². The zero-order valence-electron chi connectivity index (χ0n) is 14.6. The van der Waals surface area contributed by atoms with Crippen molar-refractivity contribution in [1.82, 2.24) is 10.6 Å². The molecule has 0 saturated carbocycles. The van der Waals surface area contributed by atoms with Crippen LogP contribution < -0.4 is 16.0 Å². The molecule has 1 heterocycles. The molecule has 2 aromatic carbocycles. The van der Waals surface area contributed by atoms with Crippen LogP contribution in [0.2, 0.25) is 0 Å². The van der Waals surface area contributed by atoms with Crippen molar-refractivity contribution < 1.29 is 19.3 Å². The van der Waals surface area contributed by atoms with Crippen molar-refractivity contribution in [2.24, 2.45) is 0 Å². The summed E-state index contributed by atoms with van der Waals surface area (Å²) in [4.78, 5) is 23.7. The molecule has 134 valence electrons. The van der Waals surface area contributed by atoms with Crippen LogP contribution in [0, 0.1) is 0 Å². The molecular weight excluding hydrogens is 330 g/mol. The van der Waals surface area contributed by atoms with Crippen LogP contribution in [0.1, 0.15) is 24.3 Å². The second-order valence-corrected chi connectivity index (χ2v) is 6.11. The van der Waals surface area contributed by atoms with Crippen molar-refractivity contribution in [2.45, 2.75) is 19.5 Å². The van der Waals surface area contributed by atoms with E-state index < -0.39 is 6.03 Å². The number of nitrogens with one attached hydrogen (secondary N) is 2. The summed E-state index contributed by atoms with van der Waals surface area (Å²) in [5.74, 6) is 0.290. The monoisotopic (exact) mass is 352 g/mol. The van der Waals surface area contributed by atoms with Gasteiger partial charge in [0.05, 0.1) is 12.8 Å². The molecule has 4 N–H and O–H groups in total. The average Bonchev–Trinajstić information content (AvgIpc) is 3.17. The third-order valence-corrected chi connectivity index (χ3v) is 4.23. The number of quaternary nitrogens is 1. The van der Waals surface area contributed by atoms with Gasteiger partial charge in [0.1, 0.15) is 11.8 Å². The molecule has 0 spiro atoms. The predicted molar refractivity (Wildman–Crippen MR) is 98.2 cm³/mol. The Morgan fingerprint density at radius 3 is 2.69 bits per heavy atom. The number of hydrogen-bond acceptors (Lipinski definition) is 3. The Balaban J connectivity index is 1.49. The number of benzene rings is 2. The van der Waals surface area contributed by atoms with Gasteiger partial charge in [0.25, 0.3) is 5.91 Å². The number of carbonyl (C=O) groups excluding carboxylic acids is 2. The van der Waals surface area contributed by atoms with Gasteiger partial charge in [0, 0.05) is 5.56 Å². The van der Waals surface area contributed by atoms with Gasteiger partial charge in [-0.2, -0.15) is 0 Å². The number of rotatable bonds is 6. The minimum absolute atomic E-state index is 0.0954. The van der Waals surface area contributed by atoms with Crippen LogP contribution in [0.15, 0.2) is 65.3 Å². The molecule has 3 amide bonds. The van der Waals surface area contributed by atoms with E-state index in [0.29, 0.717) is 5.76 Å². The standard InChI is InChI=1S/C20H21N3O3/c1-14(17-10-4-7-15-6-2-3-9-18(15)17)21-13-19(24)23-20(25)22-12-16-8-5-11-26-16/h2-11,14,21H,12-13H2,1H3,(H2,22,23,24,25)/p+1/t14-/m0/s1. The number of imide groups is 1. The molecule has 0 aliphatic carbocycles. The minimum Gasteiger partial charge on any atom is -0.467 e. The topological polar surface area (TPSA) is 88.0 Å². The second kappa shape index (κ2) is 8.31. The fraction of sp³-hybridized carbons (Fsp3) is 0.200. The Labute approximate surface area is 151 Å². The van der Waals surface area contributed by atoms with E-state index >= 15 is 0 Å². The molecule has 0 bridgehead atoms. The Kier molecular flexibility index (Phi) is 5.66. The molecule has 3 rings (SSSR count). The molecule has 0 aliphatic rings. The maximum atomic E-state index is 12.0. The highest BCUT2D eigenvalue weighted by atomic mass is 16.3. The number of nitrogens with two attached hydrogens (primary N) is 1.